The van der Waals surface area contributed by atoms with Crippen LogP contribution in [0.4, 0.5) is 4.79 Å². The Morgan fingerprint density at radius 3 is 2.01 bits per heavy atom. The summed E-state index contributed by atoms with van der Waals surface area (Å²) in [5.74, 6) is -0.0840. The molecule has 0 aromatic rings. The third kappa shape index (κ3) is 17.9. The molecule has 3 heterocycles. The molecule has 3 rings (SSSR count). The number of likely N-dealkylation sites (tertiary alicyclic amines) is 1. The lowest BCUT2D eigenvalue weighted by molar-refractivity contribution is -0.150. The van der Waals surface area contributed by atoms with Crippen molar-refractivity contribution < 1.29 is 37.1 Å². The first-order valence-electron chi connectivity index (χ1n) is 27.9. The average Bonchev–Trinajstić information content (AvgIpc) is 4.12. The highest BCUT2D eigenvalue weighted by atomic mass is 28.4. The van der Waals surface area contributed by atoms with Crippen LogP contribution < -0.4 is 0 Å². The van der Waals surface area contributed by atoms with Crippen LogP contribution in [-0.2, 0) is 32.3 Å². The van der Waals surface area contributed by atoms with Gasteiger partial charge in [-0.05, 0) is 131 Å². The number of hydrogen-bond acceptors (Lipinski definition) is 9. The first kappa shape index (κ1) is 60.7. The zero-order chi connectivity index (χ0) is 50.7. The maximum Gasteiger partial charge on any atom is 0.410 e. The van der Waals surface area contributed by atoms with E-state index in [2.05, 4.69) is 133 Å². The number of ether oxygens (including phenoxy) is 3. The second-order valence-corrected chi connectivity index (χ2v) is 35.6. The van der Waals surface area contributed by atoms with Crippen molar-refractivity contribution in [2.75, 3.05) is 33.2 Å². The van der Waals surface area contributed by atoms with Gasteiger partial charge in [0.25, 0.3) is 0 Å². The minimum absolute atomic E-state index is 0.0268. The summed E-state index contributed by atoms with van der Waals surface area (Å²) >= 11 is 0. The first-order chi connectivity index (χ1) is 32.3. The average molecular weight is 1010 g/mol. The second kappa shape index (κ2) is 29.2. The number of nitrogens with zero attached hydrogens (tertiary/aromatic N) is 2. The maximum absolute atomic E-state index is 14.1. The molecule has 3 aliphatic heterocycles. The molecule has 0 N–H and O–H groups in total. The zero-order valence-electron chi connectivity index (χ0n) is 46.6. The Morgan fingerprint density at radius 1 is 0.868 bits per heavy atom. The molecule has 10 unspecified atom stereocenters. The van der Waals surface area contributed by atoms with E-state index >= 15 is 0 Å². The van der Waals surface area contributed by atoms with E-state index in [9.17, 15) is 9.59 Å². The molecule has 2 saturated heterocycles. The molecule has 0 saturated carbocycles. The summed E-state index contributed by atoms with van der Waals surface area (Å²) in [5, 5.41) is 0. The highest BCUT2D eigenvalue weighted by Crippen LogP contribution is 2.43. The highest BCUT2D eigenvalue weighted by molar-refractivity contribution is 6.74. The smallest absolute Gasteiger partial charge is 0.410 e. The summed E-state index contributed by atoms with van der Waals surface area (Å²) in [6.07, 6.45) is 16.7. The van der Waals surface area contributed by atoms with Gasteiger partial charge in [0.15, 0.2) is 25.0 Å². The molecule has 0 aromatic heterocycles. The van der Waals surface area contributed by atoms with E-state index in [1.807, 2.05) is 13.1 Å². The van der Waals surface area contributed by atoms with Crippen LogP contribution in [0.1, 0.15) is 155 Å². The van der Waals surface area contributed by atoms with Gasteiger partial charge in [-0.3, -0.25) is 4.79 Å². The third-order valence-corrected chi connectivity index (χ3v) is 31.2. The van der Waals surface area contributed by atoms with Crippen LogP contribution in [0.15, 0.2) is 36.0 Å². The summed E-state index contributed by atoms with van der Waals surface area (Å²) in [6.45, 7) is 37.3. The number of cyclic esters (lactones) is 1. The van der Waals surface area contributed by atoms with Gasteiger partial charge in [0.05, 0.1) is 30.3 Å². The number of carbonyl (C=O) groups is 2. The van der Waals surface area contributed by atoms with Crippen molar-refractivity contribution in [1.82, 2.24) is 9.80 Å². The molecule has 0 aliphatic carbocycles. The van der Waals surface area contributed by atoms with Gasteiger partial charge in [0.1, 0.15) is 12.2 Å². The van der Waals surface area contributed by atoms with E-state index in [-0.39, 0.29) is 54.7 Å². The molecule has 68 heavy (non-hydrogen) atoms. The second-order valence-electron chi connectivity index (χ2n) is 21.5. The van der Waals surface area contributed by atoms with Crippen molar-refractivity contribution in [3.63, 3.8) is 0 Å². The minimum atomic E-state index is -2.04. The number of hydrogen-bond donors (Lipinski definition) is 0. The topological polar surface area (TPSA) is 99.3 Å². The molecule has 13 heteroatoms. The predicted molar refractivity (Wildman–Crippen MR) is 291 cm³/mol. The van der Waals surface area contributed by atoms with Crippen LogP contribution in [-0.4, -0.2) is 122 Å². The molecule has 3 aliphatic rings. The lowest BCUT2D eigenvalue weighted by atomic mass is 9.91. The molecule has 2 fully saturated rings. The van der Waals surface area contributed by atoms with Crippen LogP contribution in [0.3, 0.4) is 0 Å². The summed E-state index contributed by atoms with van der Waals surface area (Å²) in [5.41, 5.74) is 0.406. The number of rotatable bonds is 27. The van der Waals surface area contributed by atoms with Gasteiger partial charge in [-0.1, -0.05) is 121 Å². The normalized spacial score (nSPS) is 27.4. The zero-order valence-corrected chi connectivity index (χ0v) is 49.6. The van der Waals surface area contributed by atoms with Crippen molar-refractivity contribution in [2.24, 2.45) is 17.8 Å². The Labute approximate surface area is 420 Å². The van der Waals surface area contributed by atoms with E-state index in [4.69, 9.17) is 27.5 Å². The van der Waals surface area contributed by atoms with Gasteiger partial charge in [0, 0.05) is 44.5 Å². The highest BCUT2D eigenvalue weighted by Gasteiger charge is 2.51. The van der Waals surface area contributed by atoms with Gasteiger partial charge < -0.3 is 37.3 Å². The number of piperidine rings is 1. The molecule has 10 nitrogen and oxygen atoms in total. The number of amides is 1. The fraction of sp³-hybridized carbons (Fsp3) is 0.855. The Bertz CT molecular complexity index is 1550. The first-order valence-corrected chi connectivity index (χ1v) is 35.5. The third-order valence-electron chi connectivity index (χ3n) is 17.0. The lowest BCUT2D eigenvalue weighted by Crippen LogP contribution is -2.46. The fourth-order valence-corrected chi connectivity index (χ4v) is 20.0. The summed E-state index contributed by atoms with van der Waals surface area (Å²) in [4.78, 5) is 32.0. The molecule has 0 radical (unpaired) electrons. The van der Waals surface area contributed by atoms with Crippen LogP contribution in [0.5, 0.6) is 0 Å². The maximum atomic E-state index is 14.1. The predicted octanol–water partition coefficient (Wildman–Crippen LogP) is 14.1. The molecule has 0 aromatic carbocycles. The molecule has 1 amide bonds. The van der Waals surface area contributed by atoms with Crippen molar-refractivity contribution in [1.29, 1.82) is 0 Å². The van der Waals surface area contributed by atoms with Crippen LogP contribution in [0, 0.1) is 17.8 Å². The van der Waals surface area contributed by atoms with Gasteiger partial charge in [0.2, 0.25) is 0 Å². The van der Waals surface area contributed by atoms with E-state index in [0.717, 1.165) is 98.9 Å². The van der Waals surface area contributed by atoms with E-state index in [1.54, 1.807) is 4.90 Å². The van der Waals surface area contributed by atoms with Crippen molar-refractivity contribution >= 4 is 37.0 Å². The molecule has 394 valence electrons. The number of carbonyl (C=O) groups excluding carboxylic acids is 2. The van der Waals surface area contributed by atoms with Crippen molar-refractivity contribution in [2.45, 2.75) is 252 Å². The summed E-state index contributed by atoms with van der Waals surface area (Å²) in [6, 6.07) is 9.62. The Kier molecular flexibility index (Phi) is 26.1. The van der Waals surface area contributed by atoms with E-state index < -0.39 is 42.8 Å². The summed E-state index contributed by atoms with van der Waals surface area (Å²) in [7, 11) is -3.99. The monoisotopic (exact) mass is 1000 g/mol. The molecular weight excluding hydrogens is 901 g/mol. The largest absolute Gasteiger partial charge is 0.457 e. The Morgan fingerprint density at radius 2 is 1.46 bits per heavy atom. The van der Waals surface area contributed by atoms with E-state index in [0.29, 0.717) is 18.9 Å². The molecule has 0 spiro atoms. The number of epoxide rings is 1. The molecule has 10 atom stereocenters. The number of likely N-dealkylation sites (N-methyl/N-ethyl adjacent to an activating group) is 1. The van der Waals surface area contributed by atoms with Gasteiger partial charge in [-0.2, -0.15) is 0 Å². The van der Waals surface area contributed by atoms with Crippen LogP contribution in [0.2, 0.25) is 54.4 Å². The molecule has 0 bridgehead atoms. The standard InChI is InChI=1S/C55H104N2O8Si3/c1-17-48(64-67(21-5,22-6)23-7)46(14)53-50(60-53)42-55(15,65-68(24-8,25-9)26-10)36-30-31-44(12)52-45(13)33-35-49(61-54(59)56(16)39-40-57-37-28-27-29-38-57)43(11)32-34-47(41-51(58)62-52)63-66(18-2,19-3)20-4/h30-31,33,35-36,43,45-50,52-53H,17-29,32,34,37-42H2,1-16H3/b35-33+,36-30+,44-31+. The Balaban J connectivity index is 1.96. The fourth-order valence-electron chi connectivity index (χ4n) is 11.0. The number of allylic oxidation sites excluding steroid dienone is 2. The van der Waals surface area contributed by atoms with Crippen LogP contribution in [0.25, 0.3) is 0 Å². The van der Waals surface area contributed by atoms with Gasteiger partial charge in [-0.15, -0.1) is 0 Å². The lowest BCUT2D eigenvalue weighted by Gasteiger charge is -2.39. The quantitative estimate of drug-likeness (QED) is 0.0262. The SMILES string of the molecule is CCC(O[Si](CC)(CC)CC)C(C)C1OC1CC(C)(/C=C/C=C(\C)C1OC(=O)CC(O[Si](CC)(CC)CC)CCC(C)C(OC(=O)N(C)CCN2CCCCC2)/C=C/C1C)O[Si](CC)(CC)CC. The van der Waals surface area contributed by atoms with Gasteiger partial charge in [-0.25, -0.2) is 4.79 Å². The van der Waals surface area contributed by atoms with Crippen molar-refractivity contribution in [3.8, 4) is 0 Å². The summed E-state index contributed by atoms with van der Waals surface area (Å²) < 4.78 is 40.9. The van der Waals surface area contributed by atoms with Gasteiger partial charge >= 0.3 is 12.1 Å². The Hall–Kier alpha value is -1.59. The van der Waals surface area contributed by atoms with E-state index in [1.165, 1.54) is 19.3 Å². The number of esters is 1. The van der Waals surface area contributed by atoms with Crippen molar-refractivity contribution in [3.05, 3.63) is 36.0 Å². The minimum Gasteiger partial charge on any atom is -0.457 e. The molecular formula is C55H104N2O8Si3. The van der Waals surface area contributed by atoms with Crippen LogP contribution >= 0.6 is 0 Å².